The first-order valence-electron chi connectivity index (χ1n) is 9.98. The standard InChI is InChI=1S/C22H23N5O2S/c1-2-23-21(29)24-20(28)18(15-9-5-3-6-10-15)30-22-26-25-19(16-13-14-16)27(22)17-11-7-4-8-12-17/h3-12,16,18H,2,13-14H2,1H3,(H2,23,24,28,29)/t18-/m1/s1. The molecule has 4 rings (SSSR count). The van der Waals surface area contributed by atoms with E-state index in [-0.39, 0.29) is 0 Å². The van der Waals surface area contributed by atoms with E-state index in [4.69, 9.17) is 0 Å². The van der Waals surface area contributed by atoms with Crippen molar-refractivity contribution in [2.75, 3.05) is 6.54 Å². The number of thioether (sulfide) groups is 1. The number of carbonyl (C=O) groups excluding carboxylic acids is 2. The van der Waals surface area contributed by atoms with Gasteiger partial charge < -0.3 is 5.32 Å². The lowest BCUT2D eigenvalue weighted by molar-refractivity contribution is -0.119. The van der Waals surface area contributed by atoms with Crippen molar-refractivity contribution in [1.82, 2.24) is 25.4 Å². The number of rotatable bonds is 7. The lowest BCUT2D eigenvalue weighted by Gasteiger charge is -2.17. The van der Waals surface area contributed by atoms with Crippen molar-refractivity contribution in [3.8, 4) is 5.69 Å². The van der Waals surface area contributed by atoms with Gasteiger partial charge in [-0.15, -0.1) is 10.2 Å². The number of aromatic nitrogens is 3. The molecule has 1 aliphatic rings. The first-order chi connectivity index (χ1) is 14.7. The highest BCUT2D eigenvalue weighted by Gasteiger charge is 2.33. The summed E-state index contributed by atoms with van der Waals surface area (Å²) in [6, 6.07) is 18.8. The predicted molar refractivity (Wildman–Crippen MR) is 116 cm³/mol. The van der Waals surface area contributed by atoms with E-state index in [1.807, 2.05) is 65.2 Å². The average Bonchev–Trinajstić information content (AvgIpc) is 3.53. The van der Waals surface area contributed by atoms with Crippen molar-refractivity contribution in [2.24, 2.45) is 0 Å². The maximum Gasteiger partial charge on any atom is 0.321 e. The van der Waals surface area contributed by atoms with E-state index in [1.54, 1.807) is 6.92 Å². The summed E-state index contributed by atoms with van der Waals surface area (Å²) < 4.78 is 2.03. The molecule has 3 amide bonds. The average molecular weight is 422 g/mol. The van der Waals surface area contributed by atoms with Gasteiger partial charge in [-0.1, -0.05) is 60.3 Å². The lowest BCUT2D eigenvalue weighted by Crippen LogP contribution is -2.41. The molecule has 3 aromatic rings. The molecule has 1 atom stereocenters. The Morgan fingerprint density at radius 1 is 1.07 bits per heavy atom. The number of imide groups is 1. The van der Waals surface area contributed by atoms with Gasteiger partial charge in [0, 0.05) is 18.2 Å². The van der Waals surface area contributed by atoms with Gasteiger partial charge in [0.1, 0.15) is 11.1 Å². The molecular formula is C22H23N5O2S. The molecule has 8 heteroatoms. The number of nitrogens with zero attached hydrogens (tertiary/aromatic N) is 3. The summed E-state index contributed by atoms with van der Waals surface area (Å²) in [5.41, 5.74) is 1.75. The van der Waals surface area contributed by atoms with E-state index in [2.05, 4.69) is 20.8 Å². The van der Waals surface area contributed by atoms with Crippen LogP contribution in [0.1, 0.15) is 42.3 Å². The van der Waals surface area contributed by atoms with Crippen LogP contribution in [0.5, 0.6) is 0 Å². The molecule has 0 bridgehead atoms. The highest BCUT2D eigenvalue weighted by atomic mass is 32.2. The first-order valence-corrected chi connectivity index (χ1v) is 10.9. The third-order valence-corrected chi connectivity index (χ3v) is 5.95. The molecule has 154 valence electrons. The fourth-order valence-corrected chi connectivity index (χ4v) is 4.23. The Hall–Kier alpha value is -3.13. The van der Waals surface area contributed by atoms with Crippen LogP contribution in [-0.2, 0) is 4.79 Å². The highest BCUT2D eigenvalue weighted by Crippen LogP contribution is 2.43. The van der Waals surface area contributed by atoms with Gasteiger partial charge in [-0.2, -0.15) is 0 Å². The zero-order valence-corrected chi connectivity index (χ0v) is 17.4. The van der Waals surface area contributed by atoms with Crippen molar-refractivity contribution in [1.29, 1.82) is 0 Å². The summed E-state index contributed by atoms with van der Waals surface area (Å²) in [6.45, 7) is 2.24. The molecule has 0 radical (unpaired) electrons. The number of benzene rings is 2. The zero-order chi connectivity index (χ0) is 20.9. The Kier molecular flexibility index (Phi) is 6.13. The van der Waals surface area contributed by atoms with Crippen molar-refractivity contribution in [3.05, 3.63) is 72.1 Å². The van der Waals surface area contributed by atoms with Crippen molar-refractivity contribution < 1.29 is 9.59 Å². The minimum Gasteiger partial charge on any atom is -0.338 e. The van der Waals surface area contributed by atoms with E-state index in [0.29, 0.717) is 17.6 Å². The maximum atomic E-state index is 13.0. The molecule has 2 N–H and O–H groups in total. The van der Waals surface area contributed by atoms with Crippen LogP contribution in [-0.4, -0.2) is 33.2 Å². The summed E-state index contributed by atoms with van der Waals surface area (Å²) in [7, 11) is 0. The van der Waals surface area contributed by atoms with Gasteiger partial charge in [-0.05, 0) is 37.5 Å². The fraction of sp³-hybridized carbons (Fsp3) is 0.273. The molecule has 7 nitrogen and oxygen atoms in total. The quantitative estimate of drug-likeness (QED) is 0.566. The van der Waals surface area contributed by atoms with E-state index >= 15 is 0 Å². The second-order valence-corrected chi connectivity index (χ2v) is 8.12. The lowest BCUT2D eigenvalue weighted by atomic mass is 10.1. The number of amides is 3. The SMILES string of the molecule is CCNC(=O)NC(=O)[C@H](Sc1nnc(C2CC2)n1-c1ccccc1)c1ccccc1. The van der Waals surface area contributed by atoms with E-state index in [1.165, 1.54) is 11.8 Å². The van der Waals surface area contributed by atoms with E-state index in [0.717, 1.165) is 29.9 Å². The van der Waals surface area contributed by atoms with Crippen molar-refractivity contribution in [3.63, 3.8) is 0 Å². The minimum atomic E-state index is -0.646. The molecule has 0 unspecified atom stereocenters. The Balaban J connectivity index is 1.68. The second-order valence-electron chi connectivity index (χ2n) is 7.04. The number of carbonyl (C=O) groups is 2. The van der Waals surface area contributed by atoms with Gasteiger partial charge in [-0.3, -0.25) is 14.7 Å². The summed E-state index contributed by atoms with van der Waals surface area (Å²) in [5, 5.41) is 13.9. The highest BCUT2D eigenvalue weighted by molar-refractivity contribution is 8.00. The molecule has 30 heavy (non-hydrogen) atoms. The summed E-state index contributed by atoms with van der Waals surface area (Å²) in [5.74, 6) is 0.916. The predicted octanol–water partition coefficient (Wildman–Crippen LogP) is 3.82. The van der Waals surface area contributed by atoms with Gasteiger partial charge in [0.2, 0.25) is 5.91 Å². The zero-order valence-electron chi connectivity index (χ0n) is 16.6. The molecule has 2 aromatic carbocycles. The Labute approximate surface area is 179 Å². The number of nitrogens with one attached hydrogen (secondary N) is 2. The summed E-state index contributed by atoms with van der Waals surface area (Å²) in [6.07, 6.45) is 2.19. The number of hydrogen-bond donors (Lipinski definition) is 2. The summed E-state index contributed by atoms with van der Waals surface area (Å²) >= 11 is 1.29. The molecule has 0 spiro atoms. The van der Waals surface area contributed by atoms with Crippen molar-refractivity contribution in [2.45, 2.75) is 36.1 Å². The molecule has 1 aromatic heterocycles. The van der Waals surface area contributed by atoms with Gasteiger partial charge in [0.15, 0.2) is 5.16 Å². The Morgan fingerprint density at radius 2 is 1.73 bits per heavy atom. The molecule has 1 heterocycles. The minimum absolute atomic E-state index is 0.395. The smallest absolute Gasteiger partial charge is 0.321 e. The van der Waals surface area contributed by atoms with Gasteiger partial charge >= 0.3 is 6.03 Å². The Bertz CT molecular complexity index is 1020. The van der Waals surface area contributed by atoms with Crippen LogP contribution in [0.2, 0.25) is 0 Å². The Morgan fingerprint density at radius 3 is 2.37 bits per heavy atom. The monoisotopic (exact) mass is 421 g/mol. The third kappa shape index (κ3) is 4.54. The molecule has 0 saturated heterocycles. The second kappa shape index (κ2) is 9.13. The normalized spacial score (nSPS) is 14.2. The fourth-order valence-electron chi connectivity index (χ4n) is 3.17. The molecule has 1 saturated carbocycles. The van der Waals surface area contributed by atoms with Crippen LogP contribution in [0.4, 0.5) is 4.79 Å². The topological polar surface area (TPSA) is 88.9 Å². The molecule has 0 aliphatic heterocycles. The largest absolute Gasteiger partial charge is 0.338 e. The number of urea groups is 1. The van der Waals surface area contributed by atoms with Crippen LogP contribution >= 0.6 is 11.8 Å². The van der Waals surface area contributed by atoms with Crippen LogP contribution in [0.3, 0.4) is 0 Å². The third-order valence-electron chi connectivity index (χ3n) is 4.75. The number of hydrogen-bond acceptors (Lipinski definition) is 5. The van der Waals surface area contributed by atoms with Crippen LogP contribution in [0, 0.1) is 0 Å². The van der Waals surface area contributed by atoms with E-state index in [9.17, 15) is 9.59 Å². The summed E-state index contributed by atoms with van der Waals surface area (Å²) in [4.78, 5) is 24.9. The first kappa shape index (κ1) is 20.2. The molecular weight excluding hydrogens is 398 g/mol. The van der Waals surface area contributed by atoms with Crippen LogP contribution in [0.25, 0.3) is 5.69 Å². The van der Waals surface area contributed by atoms with Crippen molar-refractivity contribution >= 4 is 23.7 Å². The molecule has 1 aliphatic carbocycles. The van der Waals surface area contributed by atoms with Gasteiger partial charge in [0.05, 0.1) is 0 Å². The maximum absolute atomic E-state index is 13.0. The molecule has 1 fully saturated rings. The van der Waals surface area contributed by atoms with Crippen LogP contribution < -0.4 is 10.6 Å². The number of para-hydroxylation sites is 1. The van der Waals surface area contributed by atoms with Crippen LogP contribution in [0.15, 0.2) is 65.8 Å². The van der Waals surface area contributed by atoms with Gasteiger partial charge in [0.25, 0.3) is 0 Å². The van der Waals surface area contributed by atoms with E-state index < -0.39 is 17.2 Å². The van der Waals surface area contributed by atoms with Gasteiger partial charge in [-0.25, -0.2) is 4.79 Å².